The van der Waals surface area contributed by atoms with Crippen LogP contribution in [0.4, 0.5) is 4.39 Å². The fourth-order valence-corrected chi connectivity index (χ4v) is 3.48. The minimum Gasteiger partial charge on any atom is -0.331 e. The molecule has 0 bridgehead atoms. The van der Waals surface area contributed by atoms with Gasteiger partial charge in [0.25, 0.3) is 0 Å². The van der Waals surface area contributed by atoms with Crippen LogP contribution in [0, 0.1) is 14.2 Å². The third kappa shape index (κ3) is 3.24. The van der Waals surface area contributed by atoms with Gasteiger partial charge in [0.05, 0.1) is 14.6 Å². The van der Waals surface area contributed by atoms with Gasteiger partial charge in [0.2, 0.25) is 0 Å². The summed E-state index contributed by atoms with van der Waals surface area (Å²) in [5, 5.41) is 0. The molecule has 2 aromatic rings. The predicted molar refractivity (Wildman–Crippen MR) is 93.3 cm³/mol. The van der Waals surface area contributed by atoms with Gasteiger partial charge >= 0.3 is 0 Å². The summed E-state index contributed by atoms with van der Waals surface area (Å²) in [6.07, 6.45) is 5.62. The van der Waals surface area contributed by atoms with Gasteiger partial charge in [-0.25, -0.2) is 4.39 Å². The largest absolute Gasteiger partial charge is 0.331 e. The van der Waals surface area contributed by atoms with Crippen LogP contribution in [0.15, 0.2) is 12.1 Å². The van der Waals surface area contributed by atoms with Crippen molar-refractivity contribution in [3.63, 3.8) is 0 Å². The lowest BCUT2D eigenvalue weighted by Gasteiger charge is -2.19. The van der Waals surface area contributed by atoms with E-state index in [0.717, 1.165) is 30.3 Å². The Morgan fingerprint density at radius 3 is 2.70 bits per heavy atom. The maximum Gasteiger partial charge on any atom is 0.178 e. The van der Waals surface area contributed by atoms with Crippen molar-refractivity contribution in [3.8, 4) is 0 Å². The Balaban J connectivity index is 2.52. The van der Waals surface area contributed by atoms with Crippen molar-refractivity contribution >= 4 is 45.8 Å². The summed E-state index contributed by atoms with van der Waals surface area (Å²) >= 11 is 7.47. The van der Waals surface area contributed by atoms with E-state index < -0.39 is 0 Å². The highest BCUT2D eigenvalue weighted by Crippen LogP contribution is 2.28. The van der Waals surface area contributed by atoms with Gasteiger partial charge in [0, 0.05) is 12.1 Å². The number of nitrogens with zero attached hydrogens (tertiary/aromatic N) is 1. The van der Waals surface area contributed by atoms with Crippen molar-refractivity contribution in [2.45, 2.75) is 52.0 Å². The average molecular weight is 406 g/mol. The minimum atomic E-state index is -0.174. The number of fused-ring (bicyclic) bond motifs is 1. The average Bonchev–Trinajstić information content (AvgIpc) is 2.71. The summed E-state index contributed by atoms with van der Waals surface area (Å²) < 4.78 is 17.3. The second kappa shape index (κ2) is 7.02. The molecule has 1 N–H and O–H groups in total. The van der Waals surface area contributed by atoms with Crippen LogP contribution in [0.2, 0.25) is 0 Å². The van der Waals surface area contributed by atoms with Gasteiger partial charge in [0.1, 0.15) is 5.82 Å². The van der Waals surface area contributed by atoms with E-state index in [1.807, 2.05) is 28.7 Å². The van der Waals surface area contributed by atoms with Crippen molar-refractivity contribution in [3.05, 3.63) is 26.3 Å². The fraction of sp³-hybridized carbons (Fsp3) is 0.533. The maximum absolute atomic E-state index is 13.9. The van der Waals surface area contributed by atoms with E-state index in [4.69, 9.17) is 12.2 Å². The number of hydrogen-bond acceptors (Lipinski definition) is 1. The van der Waals surface area contributed by atoms with Gasteiger partial charge in [-0.1, -0.05) is 33.1 Å². The summed E-state index contributed by atoms with van der Waals surface area (Å²) in [5.74, 6) is -0.174. The lowest BCUT2D eigenvalue weighted by molar-refractivity contribution is 0.422. The predicted octanol–water partition coefficient (Wildman–Crippen LogP) is 5.97. The molecule has 110 valence electrons. The molecule has 0 aliphatic heterocycles. The molecule has 1 unspecified atom stereocenters. The van der Waals surface area contributed by atoms with Gasteiger partial charge in [-0.05, 0) is 53.7 Å². The summed E-state index contributed by atoms with van der Waals surface area (Å²) in [4.78, 5) is 3.22. The van der Waals surface area contributed by atoms with Crippen LogP contribution in [0.1, 0.15) is 52.0 Å². The SMILES string of the molecule is CCCCC(CCC)n1c(=S)[nH]c2cc(I)c(F)cc21. The lowest BCUT2D eigenvalue weighted by atomic mass is 10.0. The zero-order valence-electron chi connectivity index (χ0n) is 11.9. The third-order valence-corrected chi connectivity index (χ3v) is 4.76. The Hall–Kier alpha value is -0.430. The van der Waals surface area contributed by atoms with E-state index in [-0.39, 0.29) is 5.82 Å². The zero-order chi connectivity index (χ0) is 14.7. The number of unbranched alkanes of at least 4 members (excludes halogenated alkanes) is 1. The number of hydrogen-bond donors (Lipinski definition) is 1. The van der Waals surface area contributed by atoms with E-state index in [9.17, 15) is 4.39 Å². The third-order valence-electron chi connectivity index (χ3n) is 3.64. The molecule has 0 saturated carbocycles. The number of halogens is 2. The first-order valence-corrected chi connectivity index (χ1v) is 8.66. The van der Waals surface area contributed by atoms with E-state index in [1.54, 1.807) is 6.07 Å². The molecule has 5 heteroatoms. The van der Waals surface area contributed by atoms with Gasteiger partial charge < -0.3 is 9.55 Å². The molecule has 0 radical (unpaired) electrons. The standard InChI is InChI=1S/C15H20FIN2S/c1-3-5-7-10(6-4-2)19-14-8-11(16)12(17)9-13(14)18-15(19)20/h8-10H,3-7H2,1-2H3,(H,18,20). The van der Waals surface area contributed by atoms with Crippen molar-refractivity contribution in [1.82, 2.24) is 9.55 Å². The quantitative estimate of drug-likeness (QED) is 0.463. The monoisotopic (exact) mass is 406 g/mol. The van der Waals surface area contributed by atoms with Crippen molar-refractivity contribution in [2.75, 3.05) is 0 Å². The Labute approximate surface area is 137 Å². The molecule has 2 rings (SSSR count). The zero-order valence-corrected chi connectivity index (χ0v) is 14.9. The summed E-state index contributed by atoms with van der Waals surface area (Å²) in [5.41, 5.74) is 1.82. The molecule has 0 saturated heterocycles. The van der Waals surface area contributed by atoms with Crippen LogP contribution in [0.3, 0.4) is 0 Å². The van der Waals surface area contributed by atoms with Crippen LogP contribution in [0.25, 0.3) is 11.0 Å². The Kier molecular flexibility index (Phi) is 5.60. The number of nitrogens with one attached hydrogen (secondary N) is 1. The maximum atomic E-state index is 13.9. The molecule has 1 aromatic heterocycles. The first-order valence-electron chi connectivity index (χ1n) is 7.17. The Bertz CT molecular complexity index is 647. The molecule has 0 amide bonds. The summed E-state index contributed by atoms with van der Waals surface area (Å²) in [7, 11) is 0. The van der Waals surface area contributed by atoms with E-state index >= 15 is 0 Å². The molecule has 1 atom stereocenters. The molecule has 0 fully saturated rings. The normalized spacial score (nSPS) is 13.0. The molecule has 0 spiro atoms. The van der Waals surface area contributed by atoms with Gasteiger partial charge in [-0.2, -0.15) is 0 Å². The second-order valence-corrected chi connectivity index (χ2v) is 6.72. The van der Waals surface area contributed by atoms with E-state index in [1.165, 1.54) is 12.8 Å². The van der Waals surface area contributed by atoms with Gasteiger partial charge in [-0.3, -0.25) is 0 Å². The number of aromatic nitrogens is 2. The van der Waals surface area contributed by atoms with Crippen molar-refractivity contribution < 1.29 is 4.39 Å². The van der Waals surface area contributed by atoms with Gasteiger partial charge in [0.15, 0.2) is 4.77 Å². The molecular formula is C15H20FIN2S. The number of aromatic amines is 1. The van der Waals surface area contributed by atoms with Crippen molar-refractivity contribution in [1.29, 1.82) is 0 Å². The first kappa shape index (κ1) is 15.9. The number of H-pyrrole nitrogens is 1. The van der Waals surface area contributed by atoms with E-state index in [2.05, 4.69) is 23.4 Å². The van der Waals surface area contributed by atoms with Crippen molar-refractivity contribution in [2.24, 2.45) is 0 Å². The van der Waals surface area contributed by atoms with Crippen LogP contribution in [-0.4, -0.2) is 9.55 Å². The summed E-state index contributed by atoms with van der Waals surface area (Å²) in [6.45, 7) is 4.38. The first-order chi connectivity index (χ1) is 9.58. The van der Waals surface area contributed by atoms with Crippen LogP contribution in [0.5, 0.6) is 0 Å². The van der Waals surface area contributed by atoms with Crippen LogP contribution in [-0.2, 0) is 0 Å². The molecule has 1 heterocycles. The molecule has 0 aliphatic rings. The smallest absolute Gasteiger partial charge is 0.178 e. The number of rotatable bonds is 6. The van der Waals surface area contributed by atoms with Crippen LogP contribution < -0.4 is 0 Å². The van der Waals surface area contributed by atoms with Gasteiger partial charge in [-0.15, -0.1) is 0 Å². The Morgan fingerprint density at radius 1 is 1.30 bits per heavy atom. The highest BCUT2D eigenvalue weighted by Gasteiger charge is 2.16. The molecule has 20 heavy (non-hydrogen) atoms. The number of benzene rings is 1. The molecule has 0 aliphatic carbocycles. The summed E-state index contributed by atoms with van der Waals surface area (Å²) in [6, 6.07) is 3.80. The number of imidazole rings is 1. The fourth-order valence-electron chi connectivity index (χ4n) is 2.66. The topological polar surface area (TPSA) is 20.7 Å². The molecule has 1 aromatic carbocycles. The highest BCUT2D eigenvalue weighted by atomic mass is 127. The Morgan fingerprint density at radius 2 is 2.05 bits per heavy atom. The molecular weight excluding hydrogens is 386 g/mol. The van der Waals surface area contributed by atoms with E-state index in [0.29, 0.717) is 14.4 Å². The minimum absolute atomic E-state index is 0.174. The second-order valence-electron chi connectivity index (χ2n) is 5.17. The lowest BCUT2D eigenvalue weighted by Crippen LogP contribution is -2.09. The highest BCUT2D eigenvalue weighted by molar-refractivity contribution is 14.1. The molecule has 2 nitrogen and oxygen atoms in total. The van der Waals surface area contributed by atoms with Crippen LogP contribution >= 0.6 is 34.8 Å².